The number of sulfonamides is 1. The van der Waals surface area contributed by atoms with E-state index in [9.17, 15) is 13.2 Å². The number of aromatic nitrogens is 2. The predicted octanol–water partition coefficient (Wildman–Crippen LogP) is 1.37. The van der Waals surface area contributed by atoms with Crippen LogP contribution >= 0.6 is 22.6 Å². The molecule has 0 saturated carbocycles. The first-order valence-electron chi connectivity index (χ1n) is 5.75. The molecule has 1 aliphatic heterocycles. The molecule has 20 heavy (non-hydrogen) atoms. The second kappa shape index (κ2) is 4.55. The maximum atomic E-state index is 12.4. The lowest BCUT2D eigenvalue weighted by atomic mass is 10.2. The summed E-state index contributed by atoms with van der Waals surface area (Å²) in [6.07, 6.45) is 1.71. The lowest BCUT2D eigenvalue weighted by Crippen LogP contribution is -2.29. The molecule has 0 aliphatic carbocycles. The van der Waals surface area contributed by atoms with Gasteiger partial charge < -0.3 is 0 Å². The summed E-state index contributed by atoms with van der Waals surface area (Å²) in [5.74, 6) is -0.498. The van der Waals surface area contributed by atoms with Gasteiger partial charge in [0.2, 0.25) is 0 Å². The zero-order valence-electron chi connectivity index (χ0n) is 10.4. The van der Waals surface area contributed by atoms with Crippen LogP contribution in [0.2, 0.25) is 0 Å². The monoisotopic (exact) mass is 403 g/mol. The Labute approximate surface area is 129 Å². The maximum Gasteiger partial charge on any atom is 0.269 e. The van der Waals surface area contributed by atoms with Crippen molar-refractivity contribution in [2.45, 2.75) is 11.4 Å². The van der Waals surface area contributed by atoms with E-state index < -0.39 is 15.9 Å². The van der Waals surface area contributed by atoms with Crippen LogP contribution < -0.4 is 0 Å². The molecular weight excluding hydrogens is 393 g/mol. The van der Waals surface area contributed by atoms with Gasteiger partial charge in [-0.05, 0) is 46.9 Å². The molecule has 0 N–H and O–H groups in total. The van der Waals surface area contributed by atoms with E-state index in [1.165, 1.54) is 6.07 Å². The number of fused-ring (bicyclic) bond motifs is 1. The van der Waals surface area contributed by atoms with Crippen LogP contribution in [0.25, 0.3) is 0 Å². The highest BCUT2D eigenvalue weighted by Crippen LogP contribution is 2.32. The van der Waals surface area contributed by atoms with Gasteiger partial charge in [-0.1, -0.05) is 0 Å². The van der Waals surface area contributed by atoms with Crippen molar-refractivity contribution in [2.75, 3.05) is 0 Å². The molecule has 0 bridgehead atoms. The molecule has 104 valence electrons. The van der Waals surface area contributed by atoms with E-state index in [-0.39, 0.29) is 17.0 Å². The Balaban J connectivity index is 2.05. The number of hydrogen-bond donors (Lipinski definition) is 0. The van der Waals surface area contributed by atoms with Gasteiger partial charge in [0.25, 0.3) is 15.9 Å². The van der Waals surface area contributed by atoms with Crippen LogP contribution in [0.1, 0.15) is 16.1 Å². The minimum Gasteiger partial charge on any atom is -0.275 e. The minimum atomic E-state index is -3.78. The number of carbonyl (C=O) groups excluding carboxylic acids is 1. The van der Waals surface area contributed by atoms with E-state index in [1.54, 1.807) is 36.1 Å². The minimum absolute atomic E-state index is 0.0483. The van der Waals surface area contributed by atoms with Gasteiger partial charge in [0.1, 0.15) is 4.90 Å². The van der Waals surface area contributed by atoms with Crippen molar-refractivity contribution in [3.05, 3.63) is 45.3 Å². The van der Waals surface area contributed by atoms with Gasteiger partial charge in [0, 0.05) is 16.8 Å². The zero-order chi connectivity index (χ0) is 14.5. The fourth-order valence-corrected chi connectivity index (χ4v) is 4.37. The SMILES string of the molecule is Cn1ccc(CN2C(=O)c3ccc(I)cc3S2(=O)=O)n1. The summed E-state index contributed by atoms with van der Waals surface area (Å²) in [7, 11) is -2.04. The molecule has 2 aromatic rings. The number of hydrogen-bond acceptors (Lipinski definition) is 4. The number of amides is 1. The molecule has 1 amide bonds. The smallest absolute Gasteiger partial charge is 0.269 e. The predicted molar refractivity (Wildman–Crippen MR) is 79.4 cm³/mol. The Morgan fingerprint density at radius 3 is 2.70 bits per heavy atom. The number of rotatable bonds is 2. The molecule has 6 nitrogen and oxygen atoms in total. The molecule has 0 spiro atoms. The fraction of sp³-hybridized carbons (Fsp3) is 0.167. The van der Waals surface area contributed by atoms with Gasteiger partial charge in [-0.3, -0.25) is 9.48 Å². The molecule has 1 aliphatic rings. The molecule has 3 rings (SSSR count). The molecule has 0 saturated heterocycles. The van der Waals surface area contributed by atoms with E-state index >= 15 is 0 Å². The summed E-state index contributed by atoms with van der Waals surface area (Å²) in [6, 6.07) is 6.48. The molecular formula is C12H10IN3O3S. The highest BCUT2D eigenvalue weighted by molar-refractivity contribution is 14.1. The van der Waals surface area contributed by atoms with Crippen LogP contribution in [-0.4, -0.2) is 28.4 Å². The standard InChI is InChI=1S/C12H10IN3O3S/c1-15-5-4-9(14-15)7-16-12(17)10-3-2-8(13)6-11(10)20(16,18)19/h2-6H,7H2,1H3. The third-order valence-electron chi connectivity index (χ3n) is 3.04. The Bertz CT molecular complexity index is 813. The molecule has 1 aromatic heterocycles. The summed E-state index contributed by atoms with van der Waals surface area (Å²) in [5, 5.41) is 4.11. The first kappa shape index (κ1) is 13.6. The van der Waals surface area contributed by atoms with E-state index in [0.29, 0.717) is 5.69 Å². The Kier molecular flexibility index (Phi) is 3.09. The maximum absolute atomic E-state index is 12.4. The van der Waals surface area contributed by atoms with Crippen molar-refractivity contribution in [3.8, 4) is 0 Å². The lowest BCUT2D eigenvalue weighted by Gasteiger charge is -2.13. The quantitative estimate of drug-likeness (QED) is 0.711. The van der Waals surface area contributed by atoms with Crippen molar-refractivity contribution >= 4 is 38.5 Å². The molecule has 0 fully saturated rings. The summed E-state index contributed by atoms with van der Waals surface area (Å²) in [6.45, 7) is -0.0483. The number of nitrogens with zero attached hydrogens (tertiary/aromatic N) is 3. The van der Waals surface area contributed by atoms with Gasteiger partial charge in [0.15, 0.2) is 0 Å². The highest BCUT2D eigenvalue weighted by Gasteiger charge is 2.41. The normalized spacial score (nSPS) is 16.5. The number of carbonyl (C=O) groups is 1. The summed E-state index contributed by atoms with van der Waals surface area (Å²) in [4.78, 5) is 12.3. The van der Waals surface area contributed by atoms with Gasteiger partial charge >= 0.3 is 0 Å². The van der Waals surface area contributed by atoms with E-state index in [0.717, 1.165) is 7.88 Å². The lowest BCUT2D eigenvalue weighted by molar-refractivity contribution is 0.0863. The third kappa shape index (κ3) is 2.03. The summed E-state index contributed by atoms with van der Waals surface area (Å²) in [5.41, 5.74) is 0.758. The topological polar surface area (TPSA) is 72.3 Å². The van der Waals surface area contributed by atoms with Crippen LogP contribution in [0.3, 0.4) is 0 Å². The molecule has 8 heteroatoms. The number of benzene rings is 1. The van der Waals surface area contributed by atoms with Gasteiger partial charge in [-0.25, -0.2) is 12.7 Å². The number of halogens is 1. The van der Waals surface area contributed by atoms with E-state index in [1.807, 2.05) is 22.6 Å². The Morgan fingerprint density at radius 1 is 1.30 bits per heavy atom. The molecule has 0 radical (unpaired) electrons. The van der Waals surface area contributed by atoms with E-state index in [2.05, 4.69) is 5.10 Å². The number of aryl methyl sites for hydroxylation is 1. The van der Waals surface area contributed by atoms with Crippen LogP contribution in [0.4, 0.5) is 0 Å². The Morgan fingerprint density at radius 2 is 2.05 bits per heavy atom. The van der Waals surface area contributed by atoms with Crippen LogP contribution in [0, 0.1) is 3.57 Å². The van der Waals surface area contributed by atoms with Crippen molar-refractivity contribution in [3.63, 3.8) is 0 Å². The van der Waals surface area contributed by atoms with Gasteiger partial charge in [-0.2, -0.15) is 5.10 Å². The third-order valence-corrected chi connectivity index (χ3v) is 5.48. The zero-order valence-corrected chi connectivity index (χ0v) is 13.4. The van der Waals surface area contributed by atoms with Crippen molar-refractivity contribution in [1.82, 2.24) is 14.1 Å². The van der Waals surface area contributed by atoms with E-state index in [4.69, 9.17) is 0 Å². The van der Waals surface area contributed by atoms with Crippen LogP contribution in [-0.2, 0) is 23.6 Å². The first-order valence-corrected chi connectivity index (χ1v) is 8.26. The average molecular weight is 403 g/mol. The second-order valence-electron chi connectivity index (χ2n) is 4.44. The Hall–Kier alpha value is -1.42. The first-order chi connectivity index (χ1) is 9.39. The fourth-order valence-electron chi connectivity index (χ4n) is 2.10. The van der Waals surface area contributed by atoms with Gasteiger partial charge in [-0.15, -0.1) is 0 Å². The van der Waals surface area contributed by atoms with Crippen molar-refractivity contribution < 1.29 is 13.2 Å². The second-order valence-corrected chi connectivity index (χ2v) is 7.51. The highest BCUT2D eigenvalue weighted by atomic mass is 127. The van der Waals surface area contributed by atoms with Crippen molar-refractivity contribution in [1.29, 1.82) is 0 Å². The molecule has 1 aromatic carbocycles. The largest absolute Gasteiger partial charge is 0.275 e. The average Bonchev–Trinajstić information content (AvgIpc) is 2.86. The van der Waals surface area contributed by atoms with Gasteiger partial charge in [0.05, 0.1) is 17.8 Å². The van der Waals surface area contributed by atoms with Crippen LogP contribution in [0.15, 0.2) is 35.4 Å². The molecule has 0 unspecified atom stereocenters. The van der Waals surface area contributed by atoms with Crippen LogP contribution in [0.5, 0.6) is 0 Å². The molecule has 0 atom stereocenters. The summed E-state index contributed by atoms with van der Waals surface area (Å²) < 4.78 is 28.1. The summed E-state index contributed by atoms with van der Waals surface area (Å²) >= 11 is 2.02. The van der Waals surface area contributed by atoms with Crippen molar-refractivity contribution in [2.24, 2.45) is 7.05 Å². The molecule has 2 heterocycles.